The van der Waals surface area contributed by atoms with Gasteiger partial charge in [-0.25, -0.2) is 4.98 Å². The van der Waals surface area contributed by atoms with E-state index in [4.69, 9.17) is 0 Å². The highest BCUT2D eigenvalue weighted by molar-refractivity contribution is 7.13. The van der Waals surface area contributed by atoms with E-state index in [-0.39, 0.29) is 18.2 Å². The lowest BCUT2D eigenvalue weighted by molar-refractivity contribution is -0.116. The van der Waals surface area contributed by atoms with Crippen molar-refractivity contribution in [3.8, 4) is 0 Å². The Morgan fingerprint density at radius 2 is 1.89 bits per heavy atom. The lowest BCUT2D eigenvalue weighted by Crippen LogP contribution is -2.32. The first-order valence-electron chi connectivity index (χ1n) is 9.31. The van der Waals surface area contributed by atoms with Crippen LogP contribution in [0.15, 0.2) is 29.6 Å². The van der Waals surface area contributed by atoms with Crippen LogP contribution in [0.1, 0.15) is 37.9 Å². The zero-order chi connectivity index (χ0) is 19.2. The minimum atomic E-state index is -0.112. The number of likely N-dealkylation sites (tertiary alicyclic amines) is 1. The molecule has 1 aromatic heterocycles. The van der Waals surface area contributed by atoms with Crippen LogP contribution >= 0.6 is 11.3 Å². The summed E-state index contributed by atoms with van der Waals surface area (Å²) in [6, 6.07) is 7.28. The van der Waals surface area contributed by atoms with Crippen LogP contribution in [0, 0.1) is 5.92 Å². The van der Waals surface area contributed by atoms with Crippen molar-refractivity contribution < 1.29 is 9.59 Å². The van der Waals surface area contributed by atoms with E-state index in [1.165, 1.54) is 31.1 Å². The first-order valence-corrected chi connectivity index (χ1v) is 10.2. The molecule has 1 saturated heterocycles. The van der Waals surface area contributed by atoms with Gasteiger partial charge in [0.05, 0.1) is 12.1 Å². The van der Waals surface area contributed by atoms with Gasteiger partial charge in [-0.2, -0.15) is 0 Å². The van der Waals surface area contributed by atoms with Crippen molar-refractivity contribution in [1.29, 1.82) is 0 Å². The second-order valence-corrected chi connectivity index (χ2v) is 8.06. The highest BCUT2D eigenvalue weighted by Crippen LogP contribution is 2.21. The average Bonchev–Trinajstić information content (AvgIpc) is 3.05. The standard InChI is InChI=1S/C20H26N4O2S/c1-14-7-9-24(10-8-14)12-18-13-27-20(22-18)23-19(26)11-16-3-5-17(6-4-16)21-15(2)25/h3-6,13-14H,7-12H2,1-2H3,(H,21,25)(H,22,23,26). The number of thiazole rings is 1. The SMILES string of the molecule is CC(=O)Nc1ccc(CC(=O)Nc2nc(CN3CCC(C)CC3)cs2)cc1. The number of carbonyl (C=O) groups excluding carboxylic acids is 2. The van der Waals surface area contributed by atoms with Crippen molar-refractivity contribution in [3.63, 3.8) is 0 Å². The lowest BCUT2D eigenvalue weighted by Gasteiger charge is -2.29. The van der Waals surface area contributed by atoms with Crippen LogP contribution in [0.2, 0.25) is 0 Å². The van der Waals surface area contributed by atoms with Crippen LogP contribution in [-0.2, 0) is 22.6 Å². The molecule has 7 heteroatoms. The number of carbonyl (C=O) groups is 2. The molecule has 2 heterocycles. The number of benzene rings is 1. The van der Waals surface area contributed by atoms with E-state index in [9.17, 15) is 9.59 Å². The van der Waals surface area contributed by atoms with Crippen LogP contribution in [0.3, 0.4) is 0 Å². The Morgan fingerprint density at radius 1 is 1.19 bits per heavy atom. The fourth-order valence-electron chi connectivity index (χ4n) is 3.14. The van der Waals surface area contributed by atoms with E-state index in [1.54, 1.807) is 12.1 Å². The van der Waals surface area contributed by atoms with Crippen molar-refractivity contribution in [2.75, 3.05) is 23.7 Å². The van der Waals surface area contributed by atoms with Crippen molar-refractivity contribution in [3.05, 3.63) is 40.9 Å². The van der Waals surface area contributed by atoms with E-state index in [2.05, 4.69) is 27.4 Å². The van der Waals surface area contributed by atoms with Crippen LogP contribution in [0.5, 0.6) is 0 Å². The summed E-state index contributed by atoms with van der Waals surface area (Å²) in [5.74, 6) is 0.618. The molecule has 2 amide bonds. The van der Waals surface area contributed by atoms with E-state index in [0.29, 0.717) is 5.13 Å². The van der Waals surface area contributed by atoms with Gasteiger partial charge in [0.2, 0.25) is 11.8 Å². The smallest absolute Gasteiger partial charge is 0.230 e. The Bertz CT molecular complexity index is 780. The summed E-state index contributed by atoms with van der Waals surface area (Å²) in [5.41, 5.74) is 2.63. The topological polar surface area (TPSA) is 74.3 Å². The molecule has 1 fully saturated rings. The minimum absolute atomic E-state index is 0.0880. The van der Waals surface area contributed by atoms with Gasteiger partial charge < -0.3 is 10.6 Å². The maximum Gasteiger partial charge on any atom is 0.230 e. The normalized spacial score (nSPS) is 15.5. The molecule has 2 N–H and O–H groups in total. The third-order valence-corrected chi connectivity index (χ3v) is 5.51. The van der Waals surface area contributed by atoms with Gasteiger partial charge in [-0.05, 0) is 49.5 Å². The molecule has 6 nitrogen and oxygen atoms in total. The molecule has 27 heavy (non-hydrogen) atoms. The highest BCUT2D eigenvalue weighted by atomic mass is 32.1. The Hall–Kier alpha value is -2.25. The fraction of sp³-hybridized carbons (Fsp3) is 0.450. The van der Waals surface area contributed by atoms with Gasteiger partial charge in [0.1, 0.15) is 0 Å². The molecule has 1 aromatic carbocycles. The largest absolute Gasteiger partial charge is 0.326 e. The lowest BCUT2D eigenvalue weighted by atomic mass is 9.99. The third-order valence-electron chi connectivity index (χ3n) is 4.70. The number of anilines is 2. The molecule has 1 aliphatic rings. The monoisotopic (exact) mass is 386 g/mol. The molecule has 0 saturated carbocycles. The van der Waals surface area contributed by atoms with Crippen molar-refractivity contribution >= 4 is 34.0 Å². The fourth-order valence-corrected chi connectivity index (χ4v) is 3.86. The number of amides is 2. The number of rotatable bonds is 6. The zero-order valence-corrected chi connectivity index (χ0v) is 16.6. The number of aromatic nitrogens is 1. The summed E-state index contributed by atoms with van der Waals surface area (Å²) in [7, 11) is 0. The predicted octanol–water partition coefficient (Wildman–Crippen LogP) is 3.51. The van der Waals surface area contributed by atoms with Gasteiger partial charge >= 0.3 is 0 Å². The van der Waals surface area contributed by atoms with Crippen molar-refractivity contribution in [1.82, 2.24) is 9.88 Å². The van der Waals surface area contributed by atoms with Crippen LogP contribution in [0.4, 0.5) is 10.8 Å². The van der Waals surface area contributed by atoms with Gasteiger partial charge in [0, 0.05) is 24.5 Å². The second-order valence-electron chi connectivity index (χ2n) is 7.21. The summed E-state index contributed by atoms with van der Waals surface area (Å²) >= 11 is 1.47. The minimum Gasteiger partial charge on any atom is -0.326 e. The Kier molecular flexibility index (Phi) is 6.58. The number of nitrogens with one attached hydrogen (secondary N) is 2. The Balaban J connectivity index is 1.48. The molecule has 1 aliphatic heterocycles. The Labute approximate surface area is 164 Å². The van der Waals surface area contributed by atoms with Gasteiger partial charge in [-0.3, -0.25) is 14.5 Å². The summed E-state index contributed by atoms with van der Waals surface area (Å²) in [6.45, 7) is 6.87. The van der Waals surface area contributed by atoms with Crippen molar-refractivity contribution in [2.45, 2.75) is 39.7 Å². The molecule has 2 aromatic rings. The van der Waals surface area contributed by atoms with Crippen LogP contribution in [-0.4, -0.2) is 34.8 Å². The molecule has 0 unspecified atom stereocenters. The van der Waals surface area contributed by atoms with E-state index in [1.807, 2.05) is 17.5 Å². The molecule has 144 valence electrons. The summed E-state index contributed by atoms with van der Waals surface area (Å²) < 4.78 is 0. The van der Waals surface area contributed by atoms with Gasteiger partial charge in [-0.15, -0.1) is 11.3 Å². The van der Waals surface area contributed by atoms with Gasteiger partial charge in [0.25, 0.3) is 0 Å². The number of hydrogen-bond acceptors (Lipinski definition) is 5. The number of piperidine rings is 1. The number of hydrogen-bond donors (Lipinski definition) is 2. The molecular weight excluding hydrogens is 360 g/mol. The summed E-state index contributed by atoms with van der Waals surface area (Å²) in [4.78, 5) is 30.3. The third kappa shape index (κ3) is 6.15. The first kappa shape index (κ1) is 19.5. The second kappa shape index (κ2) is 9.10. The van der Waals surface area contributed by atoms with Crippen LogP contribution < -0.4 is 10.6 Å². The van der Waals surface area contributed by atoms with E-state index in [0.717, 1.165) is 42.5 Å². The molecule has 0 aliphatic carbocycles. The molecule has 0 spiro atoms. The molecule has 0 bridgehead atoms. The van der Waals surface area contributed by atoms with Gasteiger partial charge in [0.15, 0.2) is 5.13 Å². The zero-order valence-electron chi connectivity index (χ0n) is 15.8. The van der Waals surface area contributed by atoms with Crippen molar-refractivity contribution in [2.24, 2.45) is 5.92 Å². The highest BCUT2D eigenvalue weighted by Gasteiger charge is 2.17. The Morgan fingerprint density at radius 3 is 2.56 bits per heavy atom. The quantitative estimate of drug-likeness (QED) is 0.797. The van der Waals surface area contributed by atoms with E-state index >= 15 is 0 Å². The summed E-state index contributed by atoms with van der Waals surface area (Å²) in [5, 5.41) is 8.27. The molecule has 3 rings (SSSR count). The molecule has 0 atom stereocenters. The van der Waals surface area contributed by atoms with Crippen LogP contribution in [0.25, 0.3) is 0 Å². The van der Waals surface area contributed by atoms with Gasteiger partial charge in [-0.1, -0.05) is 19.1 Å². The predicted molar refractivity (Wildman–Crippen MR) is 109 cm³/mol. The van der Waals surface area contributed by atoms with E-state index < -0.39 is 0 Å². The molecule has 0 radical (unpaired) electrons. The summed E-state index contributed by atoms with van der Waals surface area (Å²) in [6.07, 6.45) is 2.77. The average molecular weight is 387 g/mol. The molecular formula is C20H26N4O2S. The maximum atomic E-state index is 12.3. The first-order chi connectivity index (χ1) is 13.0. The maximum absolute atomic E-state index is 12.3. The number of nitrogens with zero attached hydrogens (tertiary/aromatic N) is 2.